The maximum Gasteiger partial charge on any atom is 0.330 e. The summed E-state index contributed by atoms with van der Waals surface area (Å²) in [6, 6.07) is 17.7. The SMILES string of the molecule is C=CC(=O)OCCOc1c2cc(CCCCCC)cc1Cc1cc(CCCCCC)cc(c1O)Cc1cc(CCCCCC)cc(c1OCCOC(=O)C=C)Cc1cc(CCCCCC)cc(c1O)C2. The molecule has 0 saturated heterocycles. The van der Waals surface area contributed by atoms with E-state index in [0.717, 1.165) is 159 Å². The average Bonchev–Trinajstić information content (AvgIpc) is 3.35. The third-order valence-electron chi connectivity index (χ3n) is 13.5. The largest absolute Gasteiger partial charge is 0.507 e. The normalized spacial score (nSPS) is 12.1. The molecule has 2 N–H and O–H groups in total. The van der Waals surface area contributed by atoms with Gasteiger partial charge < -0.3 is 29.2 Å². The molecule has 0 atom stereocenters. The lowest BCUT2D eigenvalue weighted by atomic mass is 9.87. The fourth-order valence-corrected chi connectivity index (χ4v) is 9.86. The molecule has 0 unspecified atom stereocenters. The highest BCUT2D eigenvalue weighted by Gasteiger charge is 2.24. The highest BCUT2D eigenvalue weighted by molar-refractivity contribution is 5.81. The van der Waals surface area contributed by atoms with Crippen LogP contribution in [0.1, 0.15) is 197 Å². The zero-order valence-corrected chi connectivity index (χ0v) is 43.3. The fraction of sp³-hybridized carbons (Fsp3) is 0.516. The number of esters is 2. The number of phenolic OH excluding ortho intramolecular Hbond substituents is 2. The minimum Gasteiger partial charge on any atom is -0.507 e. The van der Waals surface area contributed by atoms with Gasteiger partial charge in [-0.15, -0.1) is 0 Å². The second-order valence-electron chi connectivity index (χ2n) is 19.4. The zero-order valence-electron chi connectivity index (χ0n) is 43.3. The van der Waals surface area contributed by atoms with Crippen molar-refractivity contribution in [2.24, 2.45) is 0 Å². The van der Waals surface area contributed by atoms with E-state index in [0.29, 0.717) is 37.2 Å². The van der Waals surface area contributed by atoms with Crippen molar-refractivity contribution in [2.45, 2.75) is 182 Å². The third kappa shape index (κ3) is 17.4. The maximum absolute atomic E-state index is 12.6. The van der Waals surface area contributed by atoms with Crippen LogP contribution in [0.4, 0.5) is 0 Å². The van der Waals surface area contributed by atoms with Gasteiger partial charge in [0.2, 0.25) is 0 Å². The van der Waals surface area contributed by atoms with E-state index < -0.39 is 11.9 Å². The number of ether oxygens (including phenoxy) is 4. The molecule has 8 heteroatoms. The molecule has 4 aromatic carbocycles. The Labute approximate surface area is 420 Å². The van der Waals surface area contributed by atoms with Gasteiger partial charge >= 0.3 is 11.9 Å². The van der Waals surface area contributed by atoms with E-state index in [-0.39, 0.29) is 37.9 Å². The Morgan fingerprint density at radius 2 is 0.671 bits per heavy atom. The minimum atomic E-state index is -0.507. The summed E-state index contributed by atoms with van der Waals surface area (Å²) in [5.74, 6) is 0.866. The second kappa shape index (κ2) is 30.3. The number of unbranched alkanes of at least 4 members (excludes halogenated alkanes) is 12. The number of phenols is 2. The number of aromatic hydroxyl groups is 2. The molecule has 0 fully saturated rings. The predicted molar refractivity (Wildman–Crippen MR) is 285 cm³/mol. The number of hydrogen-bond acceptors (Lipinski definition) is 8. The smallest absolute Gasteiger partial charge is 0.330 e. The van der Waals surface area contributed by atoms with Gasteiger partial charge in [-0.3, -0.25) is 0 Å². The van der Waals surface area contributed by atoms with Crippen LogP contribution in [0.2, 0.25) is 0 Å². The molecule has 1 aliphatic rings. The Hall–Kier alpha value is -5.50. The number of rotatable bonds is 30. The molecule has 0 aromatic heterocycles. The second-order valence-corrected chi connectivity index (χ2v) is 19.4. The molecule has 0 aliphatic heterocycles. The molecule has 0 heterocycles. The lowest BCUT2D eigenvalue weighted by molar-refractivity contribution is -0.139. The quantitative estimate of drug-likeness (QED) is 0.0266. The van der Waals surface area contributed by atoms with Crippen LogP contribution in [0.25, 0.3) is 0 Å². The summed E-state index contributed by atoms with van der Waals surface area (Å²) < 4.78 is 24.3. The van der Waals surface area contributed by atoms with Crippen molar-refractivity contribution >= 4 is 11.9 Å². The van der Waals surface area contributed by atoms with Crippen LogP contribution < -0.4 is 9.47 Å². The van der Waals surface area contributed by atoms with Crippen LogP contribution in [0.3, 0.4) is 0 Å². The molecular weight excluding hydrogens is 873 g/mol. The van der Waals surface area contributed by atoms with E-state index in [1.807, 2.05) is 0 Å². The van der Waals surface area contributed by atoms with Gasteiger partial charge in [0.25, 0.3) is 0 Å². The molecule has 0 amide bonds. The molecule has 5 rings (SSSR count). The monoisotopic (exact) mass is 957 g/mol. The van der Waals surface area contributed by atoms with Crippen LogP contribution in [-0.4, -0.2) is 48.6 Å². The summed E-state index contributed by atoms with van der Waals surface area (Å²) in [6.07, 6.45) is 25.5. The van der Waals surface area contributed by atoms with Crippen molar-refractivity contribution in [1.82, 2.24) is 0 Å². The standard InChI is InChI=1S/C62H84O8/c1-7-13-17-21-25-45-33-49-41-53-37-47(27-23-19-15-9-3)39-55(61(53)69-31-29-67-57(63)11-5)43-51-35-46(26-22-18-14-8-2)36-52(60(51)66)44-56-40-48(28-24-20-16-10-4)38-54(42-50(34-45)59(49)65)62(56)70-32-30-68-58(64)12-6/h11-12,33-40,65-66H,5-10,13-32,41-44H2,1-4H3. The summed E-state index contributed by atoms with van der Waals surface area (Å²) in [5.41, 5.74) is 11.8. The first-order valence-corrected chi connectivity index (χ1v) is 26.9. The van der Waals surface area contributed by atoms with Crippen LogP contribution in [0.15, 0.2) is 73.8 Å². The molecule has 70 heavy (non-hydrogen) atoms. The average molecular weight is 957 g/mol. The molecular formula is C62H84O8. The summed E-state index contributed by atoms with van der Waals surface area (Å²) in [4.78, 5) is 24.3. The first-order valence-electron chi connectivity index (χ1n) is 26.9. The van der Waals surface area contributed by atoms with E-state index in [9.17, 15) is 19.8 Å². The highest BCUT2D eigenvalue weighted by atomic mass is 16.6. The van der Waals surface area contributed by atoms with Gasteiger partial charge in [-0.05, 0) is 118 Å². The number of carbonyl (C=O) groups is 2. The fourth-order valence-electron chi connectivity index (χ4n) is 9.86. The predicted octanol–water partition coefficient (Wildman–Crippen LogP) is 14.5. The topological polar surface area (TPSA) is 112 Å². The van der Waals surface area contributed by atoms with Crippen LogP contribution in [0, 0.1) is 0 Å². The Balaban J connectivity index is 1.79. The Bertz CT molecular complexity index is 2050. The number of fused-ring (bicyclic) bond motifs is 8. The van der Waals surface area contributed by atoms with Gasteiger partial charge in [-0.1, -0.05) is 166 Å². The molecule has 1 aliphatic carbocycles. The number of aryl methyl sites for hydroxylation is 4. The third-order valence-corrected chi connectivity index (χ3v) is 13.5. The molecule has 380 valence electrons. The minimum absolute atomic E-state index is 0.0488. The van der Waals surface area contributed by atoms with Crippen molar-refractivity contribution in [3.63, 3.8) is 0 Å². The van der Waals surface area contributed by atoms with Crippen molar-refractivity contribution in [3.05, 3.63) is 141 Å². The van der Waals surface area contributed by atoms with E-state index in [2.05, 4.69) is 89.4 Å². The van der Waals surface area contributed by atoms with Gasteiger partial charge in [-0.25, -0.2) is 9.59 Å². The molecule has 0 saturated carbocycles. The number of hydrogen-bond donors (Lipinski definition) is 2. The van der Waals surface area contributed by atoms with Gasteiger partial charge in [-0.2, -0.15) is 0 Å². The van der Waals surface area contributed by atoms with Crippen molar-refractivity contribution in [3.8, 4) is 23.0 Å². The summed E-state index contributed by atoms with van der Waals surface area (Å²) in [6.45, 7) is 16.4. The first-order chi connectivity index (χ1) is 34.1. The molecule has 0 spiro atoms. The lowest BCUT2D eigenvalue weighted by Gasteiger charge is -2.23. The van der Waals surface area contributed by atoms with Gasteiger partial charge in [0, 0.05) is 37.8 Å². The maximum atomic E-state index is 12.6. The van der Waals surface area contributed by atoms with E-state index in [4.69, 9.17) is 18.9 Å². The number of benzene rings is 4. The van der Waals surface area contributed by atoms with Gasteiger partial charge in [0.1, 0.15) is 49.4 Å². The summed E-state index contributed by atoms with van der Waals surface area (Å²) in [7, 11) is 0. The molecule has 8 bridgehead atoms. The molecule has 8 nitrogen and oxygen atoms in total. The summed E-state index contributed by atoms with van der Waals surface area (Å²) >= 11 is 0. The van der Waals surface area contributed by atoms with Crippen LogP contribution in [0.5, 0.6) is 23.0 Å². The van der Waals surface area contributed by atoms with Crippen LogP contribution in [-0.2, 0) is 70.4 Å². The zero-order chi connectivity index (χ0) is 50.1. The van der Waals surface area contributed by atoms with Crippen molar-refractivity contribution in [2.75, 3.05) is 26.4 Å². The Morgan fingerprint density at radius 1 is 0.414 bits per heavy atom. The van der Waals surface area contributed by atoms with E-state index >= 15 is 0 Å². The van der Waals surface area contributed by atoms with Crippen molar-refractivity contribution in [1.29, 1.82) is 0 Å². The Kier molecular flexibility index (Phi) is 24.0. The number of carbonyl (C=O) groups excluding carboxylic acids is 2. The highest BCUT2D eigenvalue weighted by Crippen LogP contribution is 2.41. The first kappa shape index (κ1) is 55.4. The van der Waals surface area contributed by atoms with Crippen molar-refractivity contribution < 1.29 is 38.7 Å². The van der Waals surface area contributed by atoms with Gasteiger partial charge in [0.15, 0.2) is 0 Å². The lowest BCUT2D eigenvalue weighted by Crippen LogP contribution is -2.14. The molecule has 0 radical (unpaired) electrons. The van der Waals surface area contributed by atoms with Crippen LogP contribution >= 0.6 is 0 Å². The molecule has 4 aromatic rings. The Morgan fingerprint density at radius 3 is 0.914 bits per heavy atom. The van der Waals surface area contributed by atoms with E-state index in [1.54, 1.807) is 0 Å². The van der Waals surface area contributed by atoms with Gasteiger partial charge in [0.05, 0.1) is 0 Å². The summed E-state index contributed by atoms with van der Waals surface area (Å²) in [5, 5.41) is 25.2. The van der Waals surface area contributed by atoms with E-state index in [1.165, 1.54) is 47.9 Å².